The summed E-state index contributed by atoms with van der Waals surface area (Å²) in [6, 6.07) is 5.98. The summed E-state index contributed by atoms with van der Waals surface area (Å²) in [5.74, 6) is 0.580. The number of aryl methyl sites for hydroxylation is 1. The van der Waals surface area contributed by atoms with E-state index in [1.54, 1.807) is 18.9 Å². The van der Waals surface area contributed by atoms with Crippen LogP contribution in [0, 0.1) is 20.8 Å². The highest BCUT2D eigenvalue weighted by molar-refractivity contribution is 5.76. The Hall–Kier alpha value is -2.71. The molecule has 2 aromatic rings. The molecule has 1 aliphatic rings. The molecular formula is C20H25F3N4O2. The lowest BCUT2D eigenvalue weighted by molar-refractivity contribution is -0.142. The zero-order valence-corrected chi connectivity index (χ0v) is 17.0. The van der Waals surface area contributed by atoms with Crippen LogP contribution in [0.4, 0.5) is 18.9 Å². The Morgan fingerprint density at radius 2 is 1.79 bits per heavy atom. The van der Waals surface area contributed by atoms with Crippen molar-refractivity contribution in [2.75, 3.05) is 38.2 Å². The van der Waals surface area contributed by atoms with Crippen LogP contribution in [0.15, 0.2) is 18.2 Å². The van der Waals surface area contributed by atoms with Crippen molar-refractivity contribution < 1.29 is 22.7 Å². The number of nitrogens with zero attached hydrogens (tertiary/aromatic N) is 4. The van der Waals surface area contributed by atoms with Crippen molar-refractivity contribution in [3.63, 3.8) is 0 Å². The smallest absolute Gasteiger partial charge is 0.435 e. The number of alkyl halides is 3. The molecule has 0 bridgehead atoms. The quantitative estimate of drug-likeness (QED) is 0.777. The second-order valence-corrected chi connectivity index (χ2v) is 7.24. The van der Waals surface area contributed by atoms with Gasteiger partial charge in [0.25, 0.3) is 0 Å². The molecule has 0 N–H and O–H groups in total. The Morgan fingerprint density at radius 3 is 2.34 bits per heavy atom. The fraction of sp³-hybridized carbons (Fsp3) is 0.500. The zero-order chi connectivity index (χ0) is 21.3. The monoisotopic (exact) mass is 410 g/mol. The number of piperazine rings is 1. The number of aromatic nitrogens is 2. The van der Waals surface area contributed by atoms with Crippen molar-refractivity contribution in [3.05, 3.63) is 40.7 Å². The summed E-state index contributed by atoms with van der Waals surface area (Å²) in [5.41, 5.74) is 1.56. The average molecular weight is 410 g/mol. The number of methoxy groups -OCH3 is 1. The molecule has 6 nitrogen and oxygen atoms in total. The van der Waals surface area contributed by atoms with E-state index in [1.807, 2.05) is 25.1 Å². The normalized spacial score (nSPS) is 15.0. The van der Waals surface area contributed by atoms with Gasteiger partial charge in [0.05, 0.1) is 7.11 Å². The van der Waals surface area contributed by atoms with Crippen molar-refractivity contribution in [1.82, 2.24) is 14.7 Å². The molecule has 29 heavy (non-hydrogen) atoms. The Labute approximate surface area is 167 Å². The van der Waals surface area contributed by atoms with Crippen LogP contribution >= 0.6 is 0 Å². The van der Waals surface area contributed by atoms with Crippen molar-refractivity contribution in [2.45, 2.75) is 33.5 Å². The van der Waals surface area contributed by atoms with Gasteiger partial charge in [-0.05, 0) is 32.4 Å². The first kappa shape index (κ1) is 21.0. The number of benzene rings is 1. The third kappa shape index (κ3) is 4.33. The van der Waals surface area contributed by atoms with Crippen LogP contribution in [0.25, 0.3) is 0 Å². The van der Waals surface area contributed by atoms with Crippen molar-refractivity contribution >= 4 is 11.6 Å². The van der Waals surface area contributed by atoms with Gasteiger partial charge >= 0.3 is 6.18 Å². The first-order chi connectivity index (χ1) is 13.6. The number of anilines is 1. The molecule has 1 saturated heterocycles. The number of amides is 1. The summed E-state index contributed by atoms with van der Waals surface area (Å²) in [4.78, 5) is 16.5. The Balaban J connectivity index is 1.64. The van der Waals surface area contributed by atoms with Crippen LogP contribution in [-0.2, 0) is 17.5 Å². The van der Waals surface area contributed by atoms with Crippen LogP contribution in [0.3, 0.4) is 0 Å². The fourth-order valence-corrected chi connectivity index (χ4v) is 3.51. The average Bonchev–Trinajstić information content (AvgIpc) is 2.97. The molecule has 0 saturated carbocycles. The summed E-state index contributed by atoms with van der Waals surface area (Å²) in [6.45, 7) is 6.99. The first-order valence-corrected chi connectivity index (χ1v) is 9.40. The highest BCUT2D eigenvalue weighted by atomic mass is 19.4. The van der Waals surface area contributed by atoms with Crippen LogP contribution < -0.4 is 9.64 Å². The minimum Gasteiger partial charge on any atom is -0.496 e. The highest BCUT2D eigenvalue weighted by Crippen LogP contribution is 2.32. The van der Waals surface area contributed by atoms with E-state index >= 15 is 0 Å². The number of hydrogen-bond donors (Lipinski definition) is 0. The number of carbonyl (C=O) groups is 1. The van der Waals surface area contributed by atoms with E-state index in [-0.39, 0.29) is 18.0 Å². The van der Waals surface area contributed by atoms with Crippen LogP contribution in [0.5, 0.6) is 5.75 Å². The maximum Gasteiger partial charge on any atom is 0.435 e. The molecular weight excluding hydrogens is 385 g/mol. The Kier molecular flexibility index (Phi) is 5.77. The number of hydrogen-bond acceptors (Lipinski definition) is 4. The standard InChI is InChI=1S/C20H25F3N4O2/c1-13-5-6-16(11-17(13)29-4)25-7-9-26(10-8-25)18(28)12-27-15(3)14(2)19(24-27)20(21,22)23/h5-6,11H,7-10,12H2,1-4H3. The predicted octanol–water partition coefficient (Wildman–Crippen LogP) is 3.18. The molecule has 1 amide bonds. The molecule has 0 radical (unpaired) electrons. The zero-order valence-electron chi connectivity index (χ0n) is 17.0. The van der Waals surface area contributed by atoms with E-state index in [9.17, 15) is 18.0 Å². The lowest BCUT2D eigenvalue weighted by Gasteiger charge is -2.36. The maximum absolute atomic E-state index is 13.0. The third-order valence-corrected chi connectivity index (χ3v) is 5.45. The minimum absolute atomic E-state index is 0.0587. The van der Waals surface area contributed by atoms with Gasteiger partial charge < -0.3 is 14.5 Å². The molecule has 158 valence electrons. The Bertz CT molecular complexity index is 900. The lowest BCUT2D eigenvalue weighted by Crippen LogP contribution is -2.49. The van der Waals surface area contributed by atoms with Crippen molar-refractivity contribution in [1.29, 1.82) is 0 Å². The van der Waals surface area contributed by atoms with Crippen molar-refractivity contribution in [3.8, 4) is 5.75 Å². The summed E-state index contributed by atoms with van der Waals surface area (Å²) in [6.07, 6.45) is -4.52. The van der Waals surface area contributed by atoms with Gasteiger partial charge in [0.15, 0.2) is 5.69 Å². The second kappa shape index (κ2) is 7.96. The van der Waals surface area contributed by atoms with E-state index in [2.05, 4.69) is 10.00 Å². The summed E-state index contributed by atoms with van der Waals surface area (Å²) in [7, 11) is 1.63. The molecule has 2 heterocycles. The summed E-state index contributed by atoms with van der Waals surface area (Å²) < 4.78 is 45.6. The summed E-state index contributed by atoms with van der Waals surface area (Å²) >= 11 is 0. The van der Waals surface area contributed by atoms with E-state index in [1.165, 1.54) is 6.92 Å². The highest BCUT2D eigenvalue weighted by Gasteiger charge is 2.37. The number of ether oxygens (including phenoxy) is 1. The SMILES string of the molecule is COc1cc(N2CCN(C(=O)Cn3nc(C(F)(F)F)c(C)c3C)CC2)ccc1C. The lowest BCUT2D eigenvalue weighted by atomic mass is 10.1. The largest absolute Gasteiger partial charge is 0.496 e. The second-order valence-electron chi connectivity index (χ2n) is 7.24. The van der Waals surface area contributed by atoms with E-state index in [0.29, 0.717) is 31.9 Å². The minimum atomic E-state index is -4.52. The summed E-state index contributed by atoms with van der Waals surface area (Å²) in [5, 5.41) is 3.63. The van der Waals surface area contributed by atoms with E-state index in [0.717, 1.165) is 21.7 Å². The molecule has 0 unspecified atom stereocenters. The maximum atomic E-state index is 13.0. The molecule has 9 heteroatoms. The van der Waals surface area contributed by atoms with Gasteiger partial charge in [-0.3, -0.25) is 9.48 Å². The van der Waals surface area contributed by atoms with Gasteiger partial charge in [-0.15, -0.1) is 0 Å². The van der Waals surface area contributed by atoms with Crippen LogP contribution in [0.2, 0.25) is 0 Å². The van der Waals surface area contributed by atoms with Crippen molar-refractivity contribution in [2.24, 2.45) is 0 Å². The van der Waals surface area contributed by atoms with Gasteiger partial charge in [0, 0.05) is 49.2 Å². The van der Waals surface area contributed by atoms with E-state index < -0.39 is 11.9 Å². The van der Waals surface area contributed by atoms with Gasteiger partial charge in [-0.1, -0.05) is 6.07 Å². The topological polar surface area (TPSA) is 50.6 Å². The number of carbonyl (C=O) groups excluding carboxylic acids is 1. The van der Waals surface area contributed by atoms with Gasteiger partial charge in [0.1, 0.15) is 12.3 Å². The Morgan fingerprint density at radius 1 is 1.14 bits per heavy atom. The molecule has 0 aliphatic carbocycles. The molecule has 3 rings (SSSR count). The van der Waals surface area contributed by atoms with Crippen LogP contribution in [-0.4, -0.2) is 53.9 Å². The number of halogens is 3. The molecule has 1 aromatic carbocycles. The molecule has 1 aromatic heterocycles. The third-order valence-electron chi connectivity index (χ3n) is 5.45. The van der Waals surface area contributed by atoms with Gasteiger partial charge in [-0.25, -0.2) is 0 Å². The van der Waals surface area contributed by atoms with E-state index in [4.69, 9.17) is 4.74 Å². The van der Waals surface area contributed by atoms with Gasteiger partial charge in [0.2, 0.25) is 5.91 Å². The predicted molar refractivity (Wildman–Crippen MR) is 103 cm³/mol. The van der Waals surface area contributed by atoms with Crippen LogP contribution in [0.1, 0.15) is 22.5 Å². The molecule has 0 atom stereocenters. The fourth-order valence-electron chi connectivity index (χ4n) is 3.51. The number of rotatable bonds is 4. The van der Waals surface area contributed by atoms with Gasteiger partial charge in [-0.2, -0.15) is 18.3 Å². The molecule has 1 aliphatic heterocycles. The molecule has 1 fully saturated rings. The molecule has 0 spiro atoms. The first-order valence-electron chi connectivity index (χ1n) is 9.40.